The standard InChI is InChI=1S/C16H28N2O/c1-4-5-6-7-8-9-12-17-16-15(19-14(2)3)11-10-13-18-16/h10-11,13-14H,4-9,12H2,1-3H3,(H,17,18). The second-order valence-corrected chi connectivity index (χ2v) is 5.21. The third kappa shape index (κ3) is 7.04. The average Bonchev–Trinajstić information content (AvgIpc) is 2.39. The van der Waals surface area contributed by atoms with Crippen LogP contribution in [0.25, 0.3) is 0 Å². The van der Waals surface area contributed by atoms with Gasteiger partial charge in [0.2, 0.25) is 0 Å². The molecule has 1 aromatic rings. The number of hydrogen-bond acceptors (Lipinski definition) is 3. The Morgan fingerprint density at radius 3 is 2.63 bits per heavy atom. The first kappa shape index (κ1) is 15.8. The molecule has 19 heavy (non-hydrogen) atoms. The predicted molar refractivity (Wildman–Crippen MR) is 81.9 cm³/mol. The molecule has 0 aliphatic carbocycles. The number of hydrogen-bond donors (Lipinski definition) is 1. The van der Waals surface area contributed by atoms with E-state index in [1.165, 1.54) is 38.5 Å². The van der Waals surface area contributed by atoms with Crippen LogP contribution < -0.4 is 10.1 Å². The molecule has 0 aromatic carbocycles. The van der Waals surface area contributed by atoms with Crippen molar-refractivity contribution in [3.63, 3.8) is 0 Å². The number of anilines is 1. The van der Waals surface area contributed by atoms with Crippen LogP contribution in [0, 0.1) is 0 Å². The number of ether oxygens (including phenoxy) is 1. The maximum atomic E-state index is 5.73. The van der Waals surface area contributed by atoms with E-state index in [2.05, 4.69) is 17.2 Å². The molecule has 0 aliphatic rings. The van der Waals surface area contributed by atoms with Gasteiger partial charge in [-0.05, 0) is 32.4 Å². The van der Waals surface area contributed by atoms with Gasteiger partial charge in [0, 0.05) is 12.7 Å². The smallest absolute Gasteiger partial charge is 0.168 e. The molecule has 0 radical (unpaired) electrons. The lowest BCUT2D eigenvalue weighted by molar-refractivity contribution is 0.243. The van der Waals surface area contributed by atoms with Gasteiger partial charge in [-0.15, -0.1) is 0 Å². The Morgan fingerprint density at radius 2 is 1.89 bits per heavy atom. The third-order valence-electron chi connectivity index (χ3n) is 2.96. The molecule has 0 atom stereocenters. The zero-order valence-electron chi connectivity index (χ0n) is 12.6. The molecule has 3 nitrogen and oxygen atoms in total. The Bertz CT molecular complexity index is 339. The van der Waals surface area contributed by atoms with Gasteiger partial charge in [0.05, 0.1) is 6.10 Å². The molecular formula is C16H28N2O. The van der Waals surface area contributed by atoms with Gasteiger partial charge >= 0.3 is 0 Å². The van der Waals surface area contributed by atoms with Crippen LogP contribution in [0.1, 0.15) is 59.3 Å². The Labute approximate surface area is 117 Å². The first-order chi connectivity index (χ1) is 9.24. The highest BCUT2D eigenvalue weighted by Crippen LogP contribution is 2.22. The molecule has 0 aliphatic heterocycles. The fraction of sp³-hybridized carbons (Fsp3) is 0.688. The van der Waals surface area contributed by atoms with Gasteiger partial charge < -0.3 is 10.1 Å². The first-order valence-corrected chi connectivity index (χ1v) is 7.59. The molecule has 0 bridgehead atoms. The van der Waals surface area contributed by atoms with Crippen molar-refractivity contribution in [1.29, 1.82) is 0 Å². The SMILES string of the molecule is CCCCCCCCNc1ncccc1OC(C)C. The number of nitrogens with one attached hydrogen (secondary N) is 1. The highest BCUT2D eigenvalue weighted by Gasteiger charge is 2.05. The van der Waals surface area contributed by atoms with Gasteiger partial charge in [-0.25, -0.2) is 4.98 Å². The van der Waals surface area contributed by atoms with Gasteiger partial charge in [-0.1, -0.05) is 39.0 Å². The number of aromatic nitrogens is 1. The molecule has 0 fully saturated rings. The molecule has 0 unspecified atom stereocenters. The summed E-state index contributed by atoms with van der Waals surface area (Å²) in [6.45, 7) is 7.28. The molecule has 3 heteroatoms. The lowest BCUT2D eigenvalue weighted by Gasteiger charge is -2.14. The molecule has 1 aromatic heterocycles. The van der Waals surface area contributed by atoms with E-state index >= 15 is 0 Å². The van der Waals surface area contributed by atoms with E-state index < -0.39 is 0 Å². The van der Waals surface area contributed by atoms with E-state index in [0.717, 1.165) is 18.1 Å². The van der Waals surface area contributed by atoms with Crippen LogP contribution in [0.5, 0.6) is 5.75 Å². The summed E-state index contributed by atoms with van der Waals surface area (Å²) in [4.78, 5) is 4.34. The summed E-state index contributed by atoms with van der Waals surface area (Å²) in [5, 5.41) is 3.37. The van der Waals surface area contributed by atoms with Crippen molar-refractivity contribution in [2.24, 2.45) is 0 Å². The second kappa shape index (κ2) is 9.65. The molecule has 0 saturated heterocycles. The normalized spacial score (nSPS) is 10.7. The van der Waals surface area contributed by atoms with E-state index in [1.54, 1.807) is 6.20 Å². The largest absolute Gasteiger partial charge is 0.487 e. The van der Waals surface area contributed by atoms with E-state index in [1.807, 2.05) is 26.0 Å². The van der Waals surface area contributed by atoms with Crippen molar-refractivity contribution in [3.8, 4) is 5.75 Å². The highest BCUT2D eigenvalue weighted by molar-refractivity contribution is 5.49. The van der Waals surface area contributed by atoms with Crippen molar-refractivity contribution in [1.82, 2.24) is 4.98 Å². The van der Waals surface area contributed by atoms with E-state index in [0.29, 0.717) is 0 Å². The Morgan fingerprint density at radius 1 is 1.16 bits per heavy atom. The quantitative estimate of drug-likeness (QED) is 0.625. The van der Waals surface area contributed by atoms with Gasteiger partial charge in [0.25, 0.3) is 0 Å². The van der Waals surface area contributed by atoms with Crippen LogP contribution in [0.15, 0.2) is 18.3 Å². The zero-order valence-corrected chi connectivity index (χ0v) is 12.6. The lowest BCUT2D eigenvalue weighted by Crippen LogP contribution is -2.10. The Balaban J connectivity index is 2.25. The molecular weight excluding hydrogens is 236 g/mol. The minimum absolute atomic E-state index is 0.179. The highest BCUT2D eigenvalue weighted by atomic mass is 16.5. The van der Waals surface area contributed by atoms with E-state index in [9.17, 15) is 0 Å². The van der Waals surface area contributed by atoms with Crippen LogP contribution in [0.4, 0.5) is 5.82 Å². The molecule has 1 N–H and O–H groups in total. The summed E-state index contributed by atoms with van der Waals surface area (Å²) in [5.41, 5.74) is 0. The molecule has 0 amide bonds. The monoisotopic (exact) mass is 264 g/mol. The minimum atomic E-state index is 0.179. The second-order valence-electron chi connectivity index (χ2n) is 5.21. The molecule has 1 rings (SSSR count). The predicted octanol–water partition coefficient (Wildman–Crippen LogP) is 4.64. The summed E-state index contributed by atoms with van der Waals surface area (Å²) in [6, 6.07) is 3.88. The molecule has 0 spiro atoms. The van der Waals surface area contributed by atoms with Crippen LogP contribution in [0.2, 0.25) is 0 Å². The van der Waals surface area contributed by atoms with Crippen LogP contribution >= 0.6 is 0 Å². The average molecular weight is 264 g/mol. The Hall–Kier alpha value is -1.25. The number of pyridine rings is 1. The van der Waals surface area contributed by atoms with Crippen LogP contribution in [0.3, 0.4) is 0 Å². The fourth-order valence-corrected chi connectivity index (χ4v) is 1.98. The van der Waals surface area contributed by atoms with E-state index in [4.69, 9.17) is 4.74 Å². The van der Waals surface area contributed by atoms with Gasteiger partial charge in [-0.3, -0.25) is 0 Å². The minimum Gasteiger partial charge on any atom is -0.487 e. The summed E-state index contributed by atoms with van der Waals surface area (Å²) in [6.07, 6.45) is 9.84. The first-order valence-electron chi connectivity index (χ1n) is 7.59. The van der Waals surface area contributed by atoms with Gasteiger partial charge in [-0.2, -0.15) is 0 Å². The Kier molecular flexibility index (Phi) is 8.03. The van der Waals surface area contributed by atoms with Gasteiger partial charge in [0.1, 0.15) is 0 Å². The zero-order chi connectivity index (χ0) is 13.9. The van der Waals surface area contributed by atoms with Crippen LogP contribution in [-0.4, -0.2) is 17.6 Å². The maximum absolute atomic E-state index is 5.73. The van der Waals surface area contributed by atoms with E-state index in [-0.39, 0.29) is 6.10 Å². The van der Waals surface area contributed by atoms with Crippen molar-refractivity contribution < 1.29 is 4.74 Å². The topological polar surface area (TPSA) is 34.2 Å². The van der Waals surface area contributed by atoms with Crippen molar-refractivity contribution in [2.45, 2.75) is 65.4 Å². The molecule has 108 valence electrons. The lowest BCUT2D eigenvalue weighted by atomic mass is 10.1. The van der Waals surface area contributed by atoms with Crippen molar-refractivity contribution in [2.75, 3.05) is 11.9 Å². The van der Waals surface area contributed by atoms with Crippen LogP contribution in [-0.2, 0) is 0 Å². The number of unbranched alkanes of at least 4 members (excludes halogenated alkanes) is 5. The summed E-state index contributed by atoms with van der Waals surface area (Å²) < 4.78 is 5.73. The number of rotatable bonds is 10. The summed E-state index contributed by atoms with van der Waals surface area (Å²) in [5.74, 6) is 1.72. The van der Waals surface area contributed by atoms with Gasteiger partial charge in [0.15, 0.2) is 11.6 Å². The maximum Gasteiger partial charge on any atom is 0.168 e. The molecule has 0 saturated carbocycles. The van der Waals surface area contributed by atoms with Crippen molar-refractivity contribution in [3.05, 3.63) is 18.3 Å². The number of nitrogens with zero attached hydrogens (tertiary/aromatic N) is 1. The fourth-order valence-electron chi connectivity index (χ4n) is 1.98. The molecule has 1 heterocycles. The summed E-state index contributed by atoms with van der Waals surface area (Å²) >= 11 is 0. The van der Waals surface area contributed by atoms with Crippen molar-refractivity contribution >= 4 is 5.82 Å². The third-order valence-corrected chi connectivity index (χ3v) is 2.96. The summed E-state index contributed by atoms with van der Waals surface area (Å²) in [7, 11) is 0.